The average Bonchev–Trinajstić information content (AvgIpc) is 2.47. The second-order valence-electron chi connectivity index (χ2n) is 5.86. The van der Waals surface area contributed by atoms with E-state index < -0.39 is 23.8 Å². The van der Waals surface area contributed by atoms with E-state index in [2.05, 4.69) is 0 Å². The summed E-state index contributed by atoms with van der Waals surface area (Å²) in [7, 11) is 0. The zero-order valence-corrected chi connectivity index (χ0v) is 12.8. The minimum atomic E-state index is -4.73. The van der Waals surface area contributed by atoms with Crippen LogP contribution >= 0.6 is 0 Å². The normalized spacial score (nSPS) is 22.2. The largest absolute Gasteiger partial charge is 0.421 e. The summed E-state index contributed by atoms with van der Waals surface area (Å²) in [6, 6.07) is 1.70. The standard InChI is InChI=1S/C15H20F3N3O2/c1-10-4-2-7-21(12(10)8-19)13(22)9-20-6-3-5-11(14(20)23)15(16,17)18/h3,5-6,10,12H,2,4,7-9,19H2,1H3/t10-,12-/m0/s1. The smallest absolute Gasteiger partial charge is 0.337 e. The van der Waals surface area contributed by atoms with Crippen molar-refractivity contribution in [2.75, 3.05) is 13.1 Å². The maximum Gasteiger partial charge on any atom is 0.421 e. The number of carbonyl (C=O) groups is 1. The second kappa shape index (κ2) is 6.74. The predicted octanol–water partition coefficient (Wildman–Crippen LogP) is 1.45. The number of hydrogen-bond donors (Lipinski definition) is 1. The van der Waals surface area contributed by atoms with E-state index in [9.17, 15) is 22.8 Å². The van der Waals surface area contributed by atoms with Crippen molar-refractivity contribution >= 4 is 5.91 Å². The van der Waals surface area contributed by atoms with Crippen molar-refractivity contribution in [3.63, 3.8) is 0 Å². The summed E-state index contributed by atoms with van der Waals surface area (Å²) >= 11 is 0. The Balaban J connectivity index is 2.22. The van der Waals surface area contributed by atoms with Crippen LogP contribution in [0.5, 0.6) is 0 Å². The summed E-state index contributed by atoms with van der Waals surface area (Å²) in [6.07, 6.45) is -1.76. The van der Waals surface area contributed by atoms with Crippen LogP contribution in [0.1, 0.15) is 25.3 Å². The Hall–Kier alpha value is -1.83. The third-order valence-electron chi connectivity index (χ3n) is 4.31. The van der Waals surface area contributed by atoms with E-state index in [0.717, 1.165) is 29.5 Å². The third-order valence-corrected chi connectivity index (χ3v) is 4.31. The number of nitrogens with zero attached hydrogens (tertiary/aromatic N) is 2. The van der Waals surface area contributed by atoms with Gasteiger partial charge in [-0.2, -0.15) is 13.2 Å². The molecular formula is C15H20F3N3O2. The van der Waals surface area contributed by atoms with Crippen LogP contribution in [0.3, 0.4) is 0 Å². The first-order valence-electron chi connectivity index (χ1n) is 7.52. The van der Waals surface area contributed by atoms with Gasteiger partial charge in [-0.3, -0.25) is 9.59 Å². The number of pyridine rings is 1. The summed E-state index contributed by atoms with van der Waals surface area (Å²) < 4.78 is 39.1. The van der Waals surface area contributed by atoms with Crippen LogP contribution in [0.4, 0.5) is 13.2 Å². The molecule has 2 heterocycles. The van der Waals surface area contributed by atoms with Crippen molar-refractivity contribution in [1.82, 2.24) is 9.47 Å². The number of carbonyl (C=O) groups excluding carboxylic acids is 1. The lowest BCUT2D eigenvalue weighted by Gasteiger charge is -2.39. The first-order valence-corrected chi connectivity index (χ1v) is 7.52. The van der Waals surface area contributed by atoms with Gasteiger partial charge < -0.3 is 15.2 Å². The highest BCUT2D eigenvalue weighted by Gasteiger charge is 2.35. The van der Waals surface area contributed by atoms with Crippen molar-refractivity contribution in [2.45, 2.75) is 38.5 Å². The number of rotatable bonds is 3. The SMILES string of the molecule is C[C@H]1CCCN(C(=O)Cn2cccc(C(F)(F)F)c2=O)[C@H]1CN. The fourth-order valence-electron chi connectivity index (χ4n) is 3.03. The highest BCUT2D eigenvalue weighted by atomic mass is 19.4. The molecule has 128 valence electrons. The molecule has 0 unspecified atom stereocenters. The van der Waals surface area contributed by atoms with Gasteiger partial charge in [0.25, 0.3) is 5.56 Å². The van der Waals surface area contributed by atoms with Gasteiger partial charge in [-0.15, -0.1) is 0 Å². The molecule has 1 saturated heterocycles. The fraction of sp³-hybridized carbons (Fsp3) is 0.600. The molecule has 1 aliphatic heterocycles. The number of aromatic nitrogens is 1. The Morgan fingerprint density at radius 2 is 2.13 bits per heavy atom. The molecular weight excluding hydrogens is 311 g/mol. The van der Waals surface area contributed by atoms with Gasteiger partial charge in [0.1, 0.15) is 12.1 Å². The van der Waals surface area contributed by atoms with E-state index in [1.165, 1.54) is 6.20 Å². The lowest BCUT2D eigenvalue weighted by atomic mass is 9.91. The summed E-state index contributed by atoms with van der Waals surface area (Å²) in [6.45, 7) is 2.39. The first-order chi connectivity index (χ1) is 10.8. The topological polar surface area (TPSA) is 68.3 Å². The molecule has 0 bridgehead atoms. The van der Waals surface area contributed by atoms with E-state index >= 15 is 0 Å². The molecule has 0 aromatic carbocycles. The zero-order chi connectivity index (χ0) is 17.2. The first kappa shape index (κ1) is 17.5. The monoisotopic (exact) mass is 331 g/mol. The van der Waals surface area contributed by atoms with Crippen molar-refractivity contribution in [3.05, 3.63) is 34.2 Å². The van der Waals surface area contributed by atoms with E-state index in [-0.39, 0.29) is 17.9 Å². The Morgan fingerprint density at radius 3 is 2.74 bits per heavy atom. The Labute approximate surface area is 131 Å². The van der Waals surface area contributed by atoms with Crippen LogP contribution in [0, 0.1) is 5.92 Å². The Morgan fingerprint density at radius 1 is 1.43 bits per heavy atom. The Kier molecular flexibility index (Phi) is 5.13. The minimum Gasteiger partial charge on any atom is -0.337 e. The maximum atomic E-state index is 12.8. The summed E-state index contributed by atoms with van der Waals surface area (Å²) in [4.78, 5) is 25.9. The third kappa shape index (κ3) is 3.74. The summed E-state index contributed by atoms with van der Waals surface area (Å²) in [5.74, 6) is -0.149. The van der Waals surface area contributed by atoms with Crippen molar-refractivity contribution in [2.24, 2.45) is 11.7 Å². The van der Waals surface area contributed by atoms with Crippen LogP contribution in [-0.2, 0) is 17.5 Å². The highest BCUT2D eigenvalue weighted by Crippen LogP contribution is 2.26. The highest BCUT2D eigenvalue weighted by molar-refractivity contribution is 5.76. The molecule has 23 heavy (non-hydrogen) atoms. The predicted molar refractivity (Wildman–Crippen MR) is 78.7 cm³/mol. The number of alkyl halides is 3. The van der Waals surface area contributed by atoms with Crippen molar-refractivity contribution in [3.8, 4) is 0 Å². The van der Waals surface area contributed by atoms with Gasteiger partial charge in [0.05, 0.1) is 0 Å². The summed E-state index contributed by atoms with van der Waals surface area (Å²) in [5.41, 5.74) is 3.24. The Bertz CT molecular complexity index is 627. The molecule has 0 saturated carbocycles. The quantitative estimate of drug-likeness (QED) is 0.911. The summed E-state index contributed by atoms with van der Waals surface area (Å²) in [5, 5.41) is 0. The van der Waals surface area contributed by atoms with Gasteiger partial charge in [0.2, 0.25) is 5.91 Å². The molecule has 2 atom stereocenters. The molecule has 1 aromatic heterocycles. The van der Waals surface area contributed by atoms with E-state index in [1.54, 1.807) is 4.90 Å². The van der Waals surface area contributed by atoms with Gasteiger partial charge in [0, 0.05) is 25.3 Å². The van der Waals surface area contributed by atoms with Gasteiger partial charge in [-0.25, -0.2) is 0 Å². The maximum absolute atomic E-state index is 12.8. The molecule has 1 aromatic rings. The van der Waals surface area contributed by atoms with Gasteiger partial charge in [-0.1, -0.05) is 6.92 Å². The average molecular weight is 331 g/mol. The second-order valence-corrected chi connectivity index (χ2v) is 5.86. The number of nitrogens with two attached hydrogens (primary N) is 1. The molecule has 8 heteroatoms. The van der Waals surface area contributed by atoms with Crippen LogP contribution in [0.25, 0.3) is 0 Å². The van der Waals surface area contributed by atoms with Crippen LogP contribution in [0.2, 0.25) is 0 Å². The number of hydrogen-bond acceptors (Lipinski definition) is 3. The minimum absolute atomic E-state index is 0.141. The lowest BCUT2D eigenvalue weighted by molar-refractivity contribution is -0.140. The van der Waals surface area contributed by atoms with Crippen molar-refractivity contribution in [1.29, 1.82) is 0 Å². The molecule has 2 N–H and O–H groups in total. The van der Waals surface area contributed by atoms with Crippen LogP contribution in [0.15, 0.2) is 23.1 Å². The van der Waals surface area contributed by atoms with Gasteiger partial charge in [0.15, 0.2) is 0 Å². The van der Waals surface area contributed by atoms with Crippen molar-refractivity contribution < 1.29 is 18.0 Å². The number of piperidine rings is 1. The lowest BCUT2D eigenvalue weighted by Crippen LogP contribution is -2.52. The molecule has 2 rings (SSSR count). The molecule has 1 fully saturated rings. The molecule has 1 amide bonds. The number of halogens is 3. The van der Waals surface area contributed by atoms with Gasteiger partial charge >= 0.3 is 6.18 Å². The number of amides is 1. The molecule has 5 nitrogen and oxygen atoms in total. The van der Waals surface area contributed by atoms with E-state index in [4.69, 9.17) is 5.73 Å². The van der Waals surface area contributed by atoms with E-state index in [0.29, 0.717) is 13.1 Å². The zero-order valence-electron chi connectivity index (χ0n) is 12.8. The van der Waals surface area contributed by atoms with E-state index in [1.807, 2.05) is 6.92 Å². The fourth-order valence-corrected chi connectivity index (χ4v) is 3.03. The van der Waals surface area contributed by atoms with Crippen LogP contribution < -0.4 is 11.3 Å². The number of likely N-dealkylation sites (tertiary alicyclic amines) is 1. The van der Waals surface area contributed by atoms with Crippen LogP contribution in [-0.4, -0.2) is 34.5 Å². The molecule has 0 aliphatic carbocycles. The molecule has 0 spiro atoms. The molecule has 0 radical (unpaired) electrons. The molecule has 1 aliphatic rings. The van der Waals surface area contributed by atoms with Gasteiger partial charge in [-0.05, 0) is 30.9 Å².